The largest absolute Gasteiger partial charge is 0.370 e. The number of rotatable bonds is 4. The van der Waals surface area contributed by atoms with Gasteiger partial charge in [0.25, 0.3) is 0 Å². The minimum atomic E-state index is 0.125. The average Bonchev–Trinajstić information content (AvgIpc) is 2.81. The normalized spacial score (nSPS) is 48.7. The highest BCUT2D eigenvalue weighted by molar-refractivity contribution is 9.09. The zero-order valence-electron chi connectivity index (χ0n) is 14.4. The molecule has 3 aliphatic rings. The van der Waals surface area contributed by atoms with Crippen LogP contribution in [0.4, 0.5) is 0 Å². The summed E-state index contributed by atoms with van der Waals surface area (Å²) in [6.45, 7) is 9.82. The van der Waals surface area contributed by atoms with Crippen LogP contribution in [-0.4, -0.2) is 17.0 Å². The molecular weight excluding hydrogens is 324 g/mol. The molecule has 3 saturated carbocycles. The summed E-state index contributed by atoms with van der Waals surface area (Å²) in [7, 11) is 0. The van der Waals surface area contributed by atoms with E-state index in [2.05, 4.69) is 43.6 Å². The topological polar surface area (TPSA) is 9.23 Å². The zero-order valence-corrected chi connectivity index (χ0v) is 16.0. The van der Waals surface area contributed by atoms with Crippen molar-refractivity contribution in [2.45, 2.75) is 90.8 Å². The second kappa shape index (κ2) is 5.51. The molecule has 0 aromatic carbocycles. The summed E-state index contributed by atoms with van der Waals surface area (Å²) in [5.74, 6) is 1.82. The number of fused-ring (bicyclic) bond motifs is 2. The van der Waals surface area contributed by atoms with Crippen LogP contribution < -0.4 is 0 Å². The third-order valence-electron chi connectivity index (χ3n) is 7.94. The number of hydrogen-bond donors (Lipinski definition) is 0. The van der Waals surface area contributed by atoms with Gasteiger partial charge in [-0.3, -0.25) is 0 Å². The summed E-state index contributed by atoms with van der Waals surface area (Å²) in [5.41, 5.74) is 0.986. The summed E-state index contributed by atoms with van der Waals surface area (Å²) in [6.07, 6.45) is 11.2. The van der Waals surface area contributed by atoms with Crippen LogP contribution in [0.3, 0.4) is 0 Å². The van der Waals surface area contributed by atoms with Crippen molar-refractivity contribution in [1.29, 1.82) is 0 Å². The van der Waals surface area contributed by atoms with Gasteiger partial charge < -0.3 is 4.74 Å². The third-order valence-corrected chi connectivity index (χ3v) is 8.97. The van der Waals surface area contributed by atoms with Gasteiger partial charge in [0, 0.05) is 5.33 Å². The van der Waals surface area contributed by atoms with E-state index in [0.717, 1.165) is 17.2 Å². The summed E-state index contributed by atoms with van der Waals surface area (Å²) >= 11 is 3.79. The van der Waals surface area contributed by atoms with Crippen molar-refractivity contribution >= 4 is 15.9 Å². The molecule has 122 valence electrons. The summed E-state index contributed by atoms with van der Waals surface area (Å²) in [6, 6.07) is 0. The van der Waals surface area contributed by atoms with Crippen molar-refractivity contribution < 1.29 is 4.74 Å². The first kappa shape index (κ1) is 16.3. The first-order valence-corrected chi connectivity index (χ1v) is 10.2. The van der Waals surface area contributed by atoms with Gasteiger partial charge in [0.2, 0.25) is 0 Å². The standard InChI is InChI=1S/C19H33BrO/c1-5-14-6-10-19(13-20,11-7-14)21-16-12-15-8-9-18(16,4)17(15,2)3/h14-16H,5-13H2,1-4H3. The molecule has 3 aliphatic carbocycles. The van der Waals surface area contributed by atoms with Crippen molar-refractivity contribution in [3.05, 3.63) is 0 Å². The van der Waals surface area contributed by atoms with Crippen LogP contribution >= 0.6 is 15.9 Å². The lowest BCUT2D eigenvalue weighted by Crippen LogP contribution is -2.47. The van der Waals surface area contributed by atoms with E-state index in [0.29, 0.717) is 16.9 Å². The zero-order chi connectivity index (χ0) is 15.3. The Morgan fingerprint density at radius 2 is 1.71 bits per heavy atom. The highest BCUT2D eigenvalue weighted by Gasteiger charge is 2.63. The SMILES string of the molecule is CCC1CCC(CBr)(OC2CC3CCC2(C)C3(C)C)CC1. The van der Waals surface area contributed by atoms with Gasteiger partial charge in [-0.2, -0.15) is 0 Å². The van der Waals surface area contributed by atoms with Crippen LogP contribution in [0.2, 0.25) is 0 Å². The molecule has 0 saturated heterocycles. The fourth-order valence-corrected chi connectivity index (χ4v) is 6.20. The number of ether oxygens (including phenoxy) is 1. The van der Waals surface area contributed by atoms with Gasteiger partial charge in [-0.1, -0.05) is 50.0 Å². The summed E-state index contributed by atoms with van der Waals surface area (Å²) in [5, 5.41) is 1.02. The molecule has 0 aromatic heterocycles. The van der Waals surface area contributed by atoms with Crippen LogP contribution in [0, 0.1) is 22.7 Å². The number of hydrogen-bond acceptors (Lipinski definition) is 1. The predicted molar refractivity (Wildman–Crippen MR) is 92.9 cm³/mol. The molecule has 0 heterocycles. The Bertz CT molecular complexity index is 383. The number of halogens is 1. The van der Waals surface area contributed by atoms with E-state index in [1.165, 1.54) is 51.4 Å². The number of alkyl halides is 1. The molecule has 0 N–H and O–H groups in total. The summed E-state index contributed by atoms with van der Waals surface area (Å²) in [4.78, 5) is 0. The van der Waals surface area contributed by atoms with Gasteiger partial charge >= 0.3 is 0 Å². The van der Waals surface area contributed by atoms with Crippen molar-refractivity contribution in [1.82, 2.24) is 0 Å². The maximum atomic E-state index is 6.91. The Balaban J connectivity index is 1.72. The smallest absolute Gasteiger partial charge is 0.0783 e. The molecule has 0 amide bonds. The molecule has 0 radical (unpaired) electrons. The monoisotopic (exact) mass is 356 g/mol. The van der Waals surface area contributed by atoms with Crippen molar-refractivity contribution in [3.8, 4) is 0 Å². The fraction of sp³-hybridized carbons (Fsp3) is 1.00. The van der Waals surface area contributed by atoms with Gasteiger partial charge in [-0.15, -0.1) is 0 Å². The molecule has 0 spiro atoms. The van der Waals surface area contributed by atoms with E-state index >= 15 is 0 Å². The Labute approximate surface area is 139 Å². The lowest BCUT2D eigenvalue weighted by molar-refractivity contribution is -0.149. The Morgan fingerprint density at radius 3 is 2.14 bits per heavy atom. The van der Waals surface area contributed by atoms with Crippen LogP contribution in [0.1, 0.15) is 79.1 Å². The fourth-order valence-electron chi connectivity index (χ4n) is 5.51. The van der Waals surface area contributed by atoms with Crippen LogP contribution in [-0.2, 0) is 4.74 Å². The average molecular weight is 357 g/mol. The maximum absolute atomic E-state index is 6.91. The molecular formula is C19H33BrO. The molecule has 3 unspecified atom stereocenters. The molecule has 3 fully saturated rings. The lowest BCUT2D eigenvalue weighted by atomic mass is 9.69. The van der Waals surface area contributed by atoms with Gasteiger partial charge in [0.15, 0.2) is 0 Å². The van der Waals surface area contributed by atoms with Crippen LogP contribution in [0.25, 0.3) is 0 Å². The minimum absolute atomic E-state index is 0.125. The predicted octanol–water partition coefficient (Wildman–Crippen LogP) is 5.95. The Hall–Kier alpha value is 0.440. The van der Waals surface area contributed by atoms with E-state index < -0.39 is 0 Å². The van der Waals surface area contributed by atoms with E-state index in [4.69, 9.17) is 4.74 Å². The first-order valence-electron chi connectivity index (χ1n) is 9.11. The van der Waals surface area contributed by atoms with Crippen LogP contribution in [0.15, 0.2) is 0 Å². The highest BCUT2D eigenvalue weighted by Crippen LogP contribution is 2.67. The Morgan fingerprint density at radius 1 is 1.05 bits per heavy atom. The van der Waals surface area contributed by atoms with Crippen molar-refractivity contribution in [2.75, 3.05) is 5.33 Å². The quantitative estimate of drug-likeness (QED) is 0.565. The molecule has 3 atom stereocenters. The van der Waals surface area contributed by atoms with E-state index in [1.54, 1.807) is 0 Å². The van der Waals surface area contributed by atoms with E-state index in [-0.39, 0.29) is 5.60 Å². The Kier molecular flexibility index (Phi) is 4.28. The van der Waals surface area contributed by atoms with Crippen molar-refractivity contribution in [3.63, 3.8) is 0 Å². The molecule has 1 nitrogen and oxygen atoms in total. The lowest BCUT2D eigenvalue weighted by Gasteiger charge is -2.46. The third kappa shape index (κ3) is 2.43. The van der Waals surface area contributed by atoms with E-state index in [1.807, 2.05) is 0 Å². The van der Waals surface area contributed by atoms with Crippen LogP contribution in [0.5, 0.6) is 0 Å². The minimum Gasteiger partial charge on any atom is -0.370 e. The first-order chi connectivity index (χ1) is 9.87. The van der Waals surface area contributed by atoms with Crippen molar-refractivity contribution in [2.24, 2.45) is 22.7 Å². The van der Waals surface area contributed by atoms with Gasteiger partial charge in [-0.05, 0) is 67.6 Å². The molecule has 3 rings (SSSR count). The van der Waals surface area contributed by atoms with Gasteiger partial charge in [0.1, 0.15) is 0 Å². The molecule has 0 aromatic rings. The molecule has 21 heavy (non-hydrogen) atoms. The summed E-state index contributed by atoms with van der Waals surface area (Å²) < 4.78 is 6.91. The second-order valence-electron chi connectivity index (χ2n) is 8.89. The van der Waals surface area contributed by atoms with Gasteiger partial charge in [0.05, 0.1) is 11.7 Å². The van der Waals surface area contributed by atoms with Gasteiger partial charge in [-0.25, -0.2) is 0 Å². The molecule has 2 heteroatoms. The van der Waals surface area contributed by atoms with E-state index in [9.17, 15) is 0 Å². The molecule has 2 bridgehead atoms. The maximum Gasteiger partial charge on any atom is 0.0783 e. The second-order valence-corrected chi connectivity index (χ2v) is 9.45. The molecule has 0 aliphatic heterocycles. The highest BCUT2D eigenvalue weighted by atomic mass is 79.9.